The number of nitrogens with one attached hydrogen (secondary N) is 3. The van der Waals surface area contributed by atoms with Crippen LogP contribution in [0.2, 0.25) is 0 Å². The van der Waals surface area contributed by atoms with Crippen LogP contribution in [0.25, 0.3) is 22.5 Å². The molecule has 0 saturated heterocycles. The molecule has 5 aromatic rings. The molecule has 0 spiro atoms. The summed E-state index contributed by atoms with van der Waals surface area (Å²) in [5.74, 6) is -0.889. The van der Waals surface area contributed by atoms with Gasteiger partial charge in [0, 0.05) is 28.7 Å². The number of H-pyrrole nitrogens is 1. The van der Waals surface area contributed by atoms with Crippen LogP contribution in [0.15, 0.2) is 96.3 Å². The number of aromatic hydroxyl groups is 1. The minimum Gasteiger partial charge on any atom is -0.508 e. The van der Waals surface area contributed by atoms with E-state index < -0.39 is 11.7 Å². The quantitative estimate of drug-likeness (QED) is 0.181. The Kier molecular flexibility index (Phi) is 6.87. The summed E-state index contributed by atoms with van der Waals surface area (Å²) in [6.45, 7) is 0. The number of para-hydroxylation sites is 1. The number of hydrogen-bond donors (Lipinski definition) is 4. The van der Waals surface area contributed by atoms with Crippen molar-refractivity contribution in [2.45, 2.75) is 5.16 Å². The van der Waals surface area contributed by atoms with E-state index in [0.717, 1.165) is 39.8 Å². The van der Waals surface area contributed by atoms with E-state index in [4.69, 9.17) is 4.98 Å². The molecule has 3 aromatic carbocycles. The lowest BCUT2D eigenvalue weighted by Crippen LogP contribution is -2.13. The standard InChI is InChI=1S/C28H22FN5O2S/c1-37-28-33-25(26(34-28)18-12-13-30-24(15-18)31-19-7-3-2-4-8-19)17-6-5-9-20(14-17)32-27(36)22-16-21(35)10-11-23(22)29/h2-16,35H,1H3,(H,30,31)(H,32,36)(H,33,34). The number of carbonyl (C=O) groups is 1. The van der Waals surface area contributed by atoms with E-state index in [0.29, 0.717) is 17.2 Å². The molecule has 4 N–H and O–H groups in total. The van der Waals surface area contributed by atoms with Gasteiger partial charge in [-0.15, -0.1) is 0 Å². The summed E-state index contributed by atoms with van der Waals surface area (Å²) in [4.78, 5) is 25.2. The summed E-state index contributed by atoms with van der Waals surface area (Å²) < 4.78 is 14.1. The minimum atomic E-state index is -0.719. The fourth-order valence-corrected chi connectivity index (χ4v) is 4.21. The maximum Gasteiger partial charge on any atom is 0.258 e. The molecule has 9 heteroatoms. The number of rotatable bonds is 7. The molecule has 0 aliphatic rings. The van der Waals surface area contributed by atoms with Gasteiger partial charge >= 0.3 is 0 Å². The lowest BCUT2D eigenvalue weighted by atomic mass is 10.0. The number of benzene rings is 3. The van der Waals surface area contributed by atoms with Crippen LogP contribution in [0.4, 0.5) is 21.6 Å². The number of phenols is 1. The van der Waals surface area contributed by atoms with E-state index in [1.165, 1.54) is 17.8 Å². The number of hydrogen-bond acceptors (Lipinski definition) is 6. The van der Waals surface area contributed by atoms with Gasteiger partial charge in [-0.3, -0.25) is 4.79 Å². The maximum atomic E-state index is 14.1. The van der Waals surface area contributed by atoms with E-state index in [1.54, 1.807) is 24.4 Å². The number of pyridine rings is 1. The highest BCUT2D eigenvalue weighted by atomic mass is 32.2. The number of thioether (sulfide) groups is 1. The van der Waals surface area contributed by atoms with Crippen LogP contribution in [0.3, 0.4) is 0 Å². The van der Waals surface area contributed by atoms with E-state index in [-0.39, 0.29) is 11.3 Å². The first-order valence-corrected chi connectivity index (χ1v) is 12.6. The third-order valence-electron chi connectivity index (χ3n) is 5.56. The second kappa shape index (κ2) is 10.5. The van der Waals surface area contributed by atoms with Crippen molar-refractivity contribution in [1.82, 2.24) is 15.0 Å². The lowest BCUT2D eigenvalue weighted by molar-refractivity contribution is 0.102. The number of nitrogens with zero attached hydrogens (tertiary/aromatic N) is 2. The van der Waals surface area contributed by atoms with Gasteiger partial charge in [-0.05, 0) is 60.9 Å². The molecule has 0 aliphatic heterocycles. The summed E-state index contributed by atoms with van der Waals surface area (Å²) in [5.41, 5.74) is 4.28. The van der Waals surface area contributed by atoms with Crippen molar-refractivity contribution >= 4 is 34.9 Å². The molecule has 0 unspecified atom stereocenters. The highest BCUT2D eigenvalue weighted by Gasteiger charge is 2.17. The number of amides is 1. The second-order valence-electron chi connectivity index (χ2n) is 8.09. The summed E-state index contributed by atoms with van der Waals surface area (Å²) in [5, 5.41) is 16.4. The first kappa shape index (κ1) is 24.1. The molecule has 2 aromatic heterocycles. The average molecular weight is 512 g/mol. The second-order valence-corrected chi connectivity index (χ2v) is 8.88. The van der Waals surface area contributed by atoms with Gasteiger partial charge in [-0.1, -0.05) is 42.1 Å². The van der Waals surface area contributed by atoms with Crippen LogP contribution in [0.1, 0.15) is 10.4 Å². The zero-order valence-electron chi connectivity index (χ0n) is 19.7. The molecule has 0 bridgehead atoms. The van der Waals surface area contributed by atoms with Gasteiger partial charge in [0.1, 0.15) is 17.4 Å². The smallest absolute Gasteiger partial charge is 0.258 e. The number of anilines is 3. The Labute approximate surface area is 216 Å². The molecule has 7 nitrogen and oxygen atoms in total. The molecule has 0 saturated carbocycles. The minimum absolute atomic E-state index is 0.190. The molecule has 0 radical (unpaired) electrons. The molecule has 37 heavy (non-hydrogen) atoms. The zero-order chi connectivity index (χ0) is 25.8. The number of aromatic amines is 1. The first-order valence-electron chi connectivity index (χ1n) is 11.3. The Morgan fingerprint density at radius 2 is 1.76 bits per heavy atom. The van der Waals surface area contributed by atoms with Crippen LogP contribution < -0.4 is 10.6 Å². The Bertz CT molecular complexity index is 1570. The number of aromatic nitrogens is 3. The maximum absolute atomic E-state index is 14.1. The molecule has 184 valence electrons. The molecule has 0 fully saturated rings. The van der Waals surface area contributed by atoms with Gasteiger partial charge in [-0.2, -0.15) is 0 Å². The summed E-state index contributed by atoms with van der Waals surface area (Å²) >= 11 is 1.48. The van der Waals surface area contributed by atoms with E-state index in [2.05, 4.69) is 20.6 Å². The van der Waals surface area contributed by atoms with Crippen LogP contribution in [-0.4, -0.2) is 32.2 Å². The predicted octanol–water partition coefficient (Wildman–Crippen LogP) is 6.70. The predicted molar refractivity (Wildman–Crippen MR) is 145 cm³/mol. The molecule has 5 rings (SSSR count). The summed E-state index contributed by atoms with van der Waals surface area (Å²) in [6, 6.07) is 24.1. The average Bonchev–Trinajstić information content (AvgIpc) is 3.36. The number of imidazole rings is 1. The fraction of sp³-hybridized carbons (Fsp3) is 0.0357. The molecule has 0 atom stereocenters. The lowest BCUT2D eigenvalue weighted by Gasteiger charge is -2.10. The Morgan fingerprint density at radius 3 is 2.57 bits per heavy atom. The fourth-order valence-electron chi connectivity index (χ4n) is 3.82. The highest BCUT2D eigenvalue weighted by Crippen LogP contribution is 2.34. The van der Waals surface area contributed by atoms with E-state index >= 15 is 0 Å². The van der Waals surface area contributed by atoms with Crippen molar-refractivity contribution in [1.29, 1.82) is 0 Å². The van der Waals surface area contributed by atoms with Gasteiger partial charge in [0.25, 0.3) is 5.91 Å². The van der Waals surface area contributed by atoms with Crippen molar-refractivity contribution in [3.05, 3.63) is 103 Å². The normalized spacial score (nSPS) is 10.8. The summed E-state index contributed by atoms with van der Waals surface area (Å²) in [7, 11) is 0. The van der Waals surface area contributed by atoms with Crippen LogP contribution in [0, 0.1) is 5.82 Å². The molecule has 1 amide bonds. The first-order chi connectivity index (χ1) is 18.0. The summed E-state index contributed by atoms with van der Waals surface area (Å²) in [6.07, 6.45) is 3.66. The van der Waals surface area contributed by atoms with Crippen LogP contribution >= 0.6 is 11.8 Å². The highest BCUT2D eigenvalue weighted by molar-refractivity contribution is 7.98. The van der Waals surface area contributed by atoms with E-state index in [9.17, 15) is 14.3 Å². The third-order valence-corrected chi connectivity index (χ3v) is 6.14. The number of carbonyl (C=O) groups excluding carboxylic acids is 1. The van der Waals surface area contributed by atoms with E-state index in [1.807, 2.05) is 54.8 Å². The Balaban J connectivity index is 1.46. The number of phenolic OH excluding ortho intramolecular Hbond substituents is 1. The van der Waals surface area contributed by atoms with Gasteiger partial charge in [-0.25, -0.2) is 14.4 Å². The zero-order valence-corrected chi connectivity index (χ0v) is 20.5. The Morgan fingerprint density at radius 1 is 0.946 bits per heavy atom. The van der Waals surface area contributed by atoms with Crippen molar-refractivity contribution in [3.63, 3.8) is 0 Å². The molecular formula is C28H22FN5O2S. The van der Waals surface area contributed by atoms with Gasteiger partial charge < -0.3 is 20.7 Å². The molecule has 0 aliphatic carbocycles. The molecule has 2 heterocycles. The Hall–Kier alpha value is -4.63. The van der Waals surface area contributed by atoms with Gasteiger partial charge in [0.2, 0.25) is 0 Å². The topological polar surface area (TPSA) is 103 Å². The van der Waals surface area contributed by atoms with Crippen molar-refractivity contribution in [2.24, 2.45) is 0 Å². The van der Waals surface area contributed by atoms with Gasteiger partial charge in [0.05, 0.1) is 17.0 Å². The van der Waals surface area contributed by atoms with Crippen molar-refractivity contribution < 1.29 is 14.3 Å². The third kappa shape index (κ3) is 5.46. The number of halogens is 1. The SMILES string of the molecule is CSc1nc(-c2cccc(NC(=O)c3cc(O)ccc3F)c2)c(-c2ccnc(Nc3ccccc3)c2)[nH]1. The van der Waals surface area contributed by atoms with Crippen LogP contribution in [-0.2, 0) is 0 Å². The van der Waals surface area contributed by atoms with Gasteiger partial charge in [0.15, 0.2) is 5.16 Å². The molecular weight excluding hydrogens is 489 g/mol. The van der Waals surface area contributed by atoms with Crippen LogP contribution in [0.5, 0.6) is 5.75 Å². The largest absolute Gasteiger partial charge is 0.508 e. The van der Waals surface area contributed by atoms with Crippen molar-refractivity contribution in [2.75, 3.05) is 16.9 Å². The van der Waals surface area contributed by atoms with Crippen molar-refractivity contribution in [3.8, 4) is 28.3 Å². The monoisotopic (exact) mass is 511 g/mol.